The molecule has 0 aliphatic carbocycles. The second kappa shape index (κ2) is 12.5. The van der Waals surface area contributed by atoms with Crippen LogP contribution in [-0.4, -0.2) is 28.9 Å². The van der Waals surface area contributed by atoms with E-state index in [2.05, 4.69) is 65.3 Å². The Balaban J connectivity index is 0.000000323. The molecule has 0 aromatic heterocycles. The Morgan fingerprint density at radius 1 is 0.970 bits per heavy atom. The normalized spacial score (nSPS) is 16.9. The van der Waals surface area contributed by atoms with Gasteiger partial charge in [-0.25, -0.2) is 0 Å². The fourth-order valence-electron chi connectivity index (χ4n) is 4.00. The van der Waals surface area contributed by atoms with Gasteiger partial charge in [0.1, 0.15) is 0 Å². The van der Waals surface area contributed by atoms with Crippen molar-refractivity contribution >= 4 is 0 Å². The lowest BCUT2D eigenvalue weighted by Crippen LogP contribution is -2.37. The van der Waals surface area contributed by atoms with Crippen molar-refractivity contribution in [3.63, 3.8) is 0 Å². The molecule has 1 unspecified atom stereocenters. The van der Waals surface area contributed by atoms with Crippen LogP contribution in [0.4, 0.5) is 0 Å². The average Bonchev–Trinajstić information content (AvgIpc) is 3.36. The summed E-state index contributed by atoms with van der Waals surface area (Å²) in [6, 6.07) is 20.7. The van der Waals surface area contributed by atoms with E-state index in [4.69, 9.17) is 5.73 Å². The summed E-state index contributed by atoms with van der Waals surface area (Å²) in [4.78, 5) is 4.53. The Hall–Kier alpha value is -3.50. The van der Waals surface area contributed by atoms with Gasteiger partial charge in [-0.1, -0.05) is 86.5 Å². The predicted octanol–water partition coefficient (Wildman–Crippen LogP) is 5.31. The first kappa shape index (κ1) is 24.1. The van der Waals surface area contributed by atoms with Gasteiger partial charge in [0.2, 0.25) is 0 Å². The molecule has 2 aromatic carbocycles. The molecule has 172 valence electrons. The molecule has 3 N–H and O–H groups in total. The molecule has 1 atom stereocenters. The lowest BCUT2D eigenvalue weighted by molar-refractivity contribution is 0.314. The number of hydrogen-bond acceptors (Lipinski definition) is 4. The summed E-state index contributed by atoms with van der Waals surface area (Å²) in [5, 5.41) is 3.50. The van der Waals surface area contributed by atoms with Crippen molar-refractivity contribution in [3.05, 3.63) is 133 Å². The molecule has 2 heterocycles. The van der Waals surface area contributed by atoms with E-state index in [-0.39, 0.29) is 0 Å². The van der Waals surface area contributed by atoms with E-state index in [1.165, 1.54) is 17.5 Å². The maximum atomic E-state index is 5.35. The summed E-state index contributed by atoms with van der Waals surface area (Å²) in [6.45, 7) is 16.0. The molecular weight excluding hydrogens is 404 g/mol. The van der Waals surface area contributed by atoms with Gasteiger partial charge in [0, 0.05) is 42.9 Å². The minimum atomic E-state index is 0.314. The molecule has 2 aliphatic heterocycles. The Labute approximate surface area is 199 Å². The van der Waals surface area contributed by atoms with Gasteiger partial charge in [-0.15, -0.1) is 0 Å². The van der Waals surface area contributed by atoms with Crippen molar-refractivity contribution < 1.29 is 0 Å². The van der Waals surface area contributed by atoms with Crippen LogP contribution in [0, 0.1) is 0 Å². The molecule has 0 saturated carbocycles. The first-order valence-electron chi connectivity index (χ1n) is 11.5. The number of allylic oxidation sites excluding steroid dienone is 3. The van der Waals surface area contributed by atoms with Crippen LogP contribution in [0.25, 0.3) is 0 Å². The standard InChI is InChI=1S/C22H27N3.C7H9N/c1-18-10-7-8-14-24(18)17-19(2)25-15-9-13-22(25)20(3)23-16-21-11-5-4-6-12-21;8-6-7-4-2-1-3-5-7/h4-8,10-12,14,22-23H,1-3,9,13,15-17H2;1-5H,6,8H2. The number of rotatable bonds is 8. The number of nitrogens with one attached hydrogen (secondary N) is 1. The van der Waals surface area contributed by atoms with Gasteiger partial charge in [0.15, 0.2) is 0 Å². The number of benzene rings is 2. The number of nitrogens with two attached hydrogens (primary N) is 1. The lowest BCUT2D eigenvalue weighted by atomic mass is 10.1. The van der Waals surface area contributed by atoms with E-state index in [0.717, 1.165) is 43.1 Å². The zero-order chi connectivity index (χ0) is 23.5. The summed E-state index contributed by atoms with van der Waals surface area (Å²) in [6.07, 6.45) is 10.4. The van der Waals surface area contributed by atoms with E-state index in [0.29, 0.717) is 12.6 Å². The third kappa shape index (κ3) is 7.26. The summed E-state index contributed by atoms with van der Waals surface area (Å²) in [5.74, 6) is 0. The highest BCUT2D eigenvalue weighted by Gasteiger charge is 2.28. The van der Waals surface area contributed by atoms with E-state index >= 15 is 0 Å². The molecule has 1 saturated heterocycles. The quantitative estimate of drug-likeness (QED) is 0.584. The molecule has 0 amide bonds. The maximum Gasteiger partial charge on any atom is 0.0680 e. The Kier molecular flexibility index (Phi) is 9.16. The van der Waals surface area contributed by atoms with Crippen molar-refractivity contribution in [2.75, 3.05) is 13.1 Å². The molecule has 0 spiro atoms. The fraction of sp³-hybridized carbons (Fsp3) is 0.241. The smallest absolute Gasteiger partial charge is 0.0680 e. The van der Waals surface area contributed by atoms with E-state index in [9.17, 15) is 0 Å². The van der Waals surface area contributed by atoms with Crippen molar-refractivity contribution in [2.45, 2.75) is 32.0 Å². The molecule has 0 radical (unpaired) electrons. The highest BCUT2D eigenvalue weighted by molar-refractivity contribution is 5.27. The van der Waals surface area contributed by atoms with Crippen LogP contribution in [0.1, 0.15) is 24.0 Å². The number of hydrogen-bond donors (Lipinski definition) is 2. The second-order valence-electron chi connectivity index (χ2n) is 8.29. The van der Waals surface area contributed by atoms with E-state index in [1.54, 1.807) is 0 Å². The minimum absolute atomic E-state index is 0.314. The zero-order valence-corrected chi connectivity index (χ0v) is 19.5. The average molecular weight is 441 g/mol. The van der Waals surface area contributed by atoms with E-state index in [1.807, 2.05) is 54.6 Å². The molecule has 1 fully saturated rings. The monoisotopic (exact) mass is 440 g/mol. The van der Waals surface area contributed by atoms with Gasteiger partial charge in [0.05, 0.1) is 12.6 Å². The highest BCUT2D eigenvalue weighted by Crippen LogP contribution is 2.27. The first-order valence-corrected chi connectivity index (χ1v) is 11.5. The maximum absolute atomic E-state index is 5.35. The highest BCUT2D eigenvalue weighted by atomic mass is 15.2. The van der Waals surface area contributed by atoms with Crippen LogP contribution in [0.2, 0.25) is 0 Å². The Bertz CT molecular complexity index is 975. The van der Waals surface area contributed by atoms with Crippen LogP contribution in [0.3, 0.4) is 0 Å². The molecule has 4 rings (SSSR count). The van der Waals surface area contributed by atoms with Gasteiger partial charge in [-0.3, -0.25) is 0 Å². The Morgan fingerprint density at radius 2 is 1.64 bits per heavy atom. The predicted molar refractivity (Wildman–Crippen MR) is 140 cm³/mol. The van der Waals surface area contributed by atoms with Crippen LogP contribution >= 0.6 is 0 Å². The summed E-state index contributed by atoms with van der Waals surface area (Å²) >= 11 is 0. The van der Waals surface area contributed by atoms with Crippen LogP contribution < -0.4 is 11.1 Å². The summed E-state index contributed by atoms with van der Waals surface area (Å²) < 4.78 is 0. The van der Waals surface area contributed by atoms with Gasteiger partial charge in [-0.2, -0.15) is 0 Å². The SMILES string of the molecule is C=C(NCc1ccccc1)C1CCCN1C(=C)CN1C=CC=CC1=C.NCc1ccccc1. The zero-order valence-electron chi connectivity index (χ0n) is 19.5. The summed E-state index contributed by atoms with van der Waals surface area (Å²) in [7, 11) is 0. The topological polar surface area (TPSA) is 44.5 Å². The van der Waals surface area contributed by atoms with Crippen LogP contribution in [-0.2, 0) is 13.1 Å². The second-order valence-corrected chi connectivity index (χ2v) is 8.29. The molecule has 4 heteroatoms. The third-order valence-corrected chi connectivity index (χ3v) is 5.89. The fourth-order valence-corrected chi connectivity index (χ4v) is 4.00. The molecule has 2 aliphatic rings. The van der Waals surface area contributed by atoms with Crippen molar-refractivity contribution in [1.82, 2.24) is 15.1 Å². The van der Waals surface area contributed by atoms with E-state index < -0.39 is 0 Å². The third-order valence-electron chi connectivity index (χ3n) is 5.89. The Morgan fingerprint density at radius 3 is 2.24 bits per heavy atom. The molecule has 2 aromatic rings. The largest absolute Gasteiger partial charge is 0.383 e. The van der Waals surface area contributed by atoms with Crippen molar-refractivity contribution in [2.24, 2.45) is 5.73 Å². The van der Waals surface area contributed by atoms with Crippen LogP contribution in [0.15, 0.2) is 122 Å². The first-order chi connectivity index (χ1) is 16.1. The van der Waals surface area contributed by atoms with Gasteiger partial charge >= 0.3 is 0 Å². The molecule has 0 bridgehead atoms. The number of likely N-dealkylation sites (tertiary alicyclic amines) is 1. The van der Waals surface area contributed by atoms with Gasteiger partial charge < -0.3 is 20.9 Å². The summed E-state index contributed by atoms with van der Waals surface area (Å²) in [5.41, 5.74) is 11.0. The molecular formula is C29H36N4. The lowest BCUT2D eigenvalue weighted by Gasteiger charge is -2.33. The van der Waals surface area contributed by atoms with Crippen molar-refractivity contribution in [3.8, 4) is 0 Å². The molecule has 33 heavy (non-hydrogen) atoms. The minimum Gasteiger partial charge on any atom is -0.383 e. The van der Waals surface area contributed by atoms with Gasteiger partial charge in [-0.05, 0) is 36.1 Å². The van der Waals surface area contributed by atoms with Crippen LogP contribution in [0.5, 0.6) is 0 Å². The van der Waals surface area contributed by atoms with Gasteiger partial charge in [0.25, 0.3) is 0 Å². The molecule has 4 nitrogen and oxygen atoms in total. The number of nitrogens with zero attached hydrogens (tertiary/aromatic N) is 2. The van der Waals surface area contributed by atoms with Crippen molar-refractivity contribution in [1.29, 1.82) is 0 Å².